The van der Waals surface area contributed by atoms with E-state index in [9.17, 15) is 0 Å². The molecule has 1 aromatic heterocycles. The summed E-state index contributed by atoms with van der Waals surface area (Å²) in [6.07, 6.45) is 7.19. The van der Waals surface area contributed by atoms with E-state index in [1.165, 1.54) is 33.9 Å². The number of aryl methyl sites for hydroxylation is 3. The Morgan fingerprint density at radius 1 is 0.900 bits per heavy atom. The number of aromatic nitrogens is 1. The van der Waals surface area contributed by atoms with Gasteiger partial charge in [0.1, 0.15) is 0 Å². The first-order chi connectivity index (χ1) is 9.83. The lowest BCUT2D eigenvalue weighted by atomic mass is 9.98. The van der Waals surface area contributed by atoms with Crippen LogP contribution < -0.4 is 0 Å². The third-order valence-corrected chi connectivity index (χ3v) is 3.78. The van der Waals surface area contributed by atoms with Gasteiger partial charge in [0.05, 0.1) is 0 Å². The Bertz CT molecular complexity index is 701. The summed E-state index contributed by atoms with van der Waals surface area (Å²) in [5.41, 5.74) is 4.13. The van der Waals surface area contributed by atoms with E-state index in [1.807, 2.05) is 18.5 Å². The van der Waals surface area contributed by atoms with Crippen LogP contribution >= 0.6 is 0 Å². The molecule has 2 aromatic carbocycles. The Kier molecular flexibility index (Phi) is 3.78. The molecule has 0 saturated carbocycles. The van der Waals surface area contributed by atoms with E-state index in [0.717, 1.165) is 12.8 Å². The van der Waals surface area contributed by atoms with Gasteiger partial charge in [0.15, 0.2) is 0 Å². The third-order valence-electron chi connectivity index (χ3n) is 3.78. The van der Waals surface area contributed by atoms with Gasteiger partial charge in [-0.15, -0.1) is 0 Å². The Morgan fingerprint density at radius 2 is 1.75 bits per heavy atom. The number of hydrogen-bond donors (Lipinski definition) is 0. The highest BCUT2D eigenvalue weighted by Crippen LogP contribution is 2.21. The Hall–Kier alpha value is -2.15. The molecule has 0 spiro atoms. The number of fused-ring (bicyclic) bond motifs is 1. The van der Waals surface area contributed by atoms with E-state index in [4.69, 9.17) is 0 Å². The van der Waals surface area contributed by atoms with Gasteiger partial charge in [-0.1, -0.05) is 42.5 Å². The highest BCUT2D eigenvalue weighted by Gasteiger charge is 2.01. The molecule has 0 N–H and O–H groups in total. The zero-order chi connectivity index (χ0) is 13.8. The maximum absolute atomic E-state index is 4.17. The van der Waals surface area contributed by atoms with Crippen LogP contribution in [0.1, 0.15) is 23.1 Å². The predicted octanol–water partition coefficient (Wildman–Crippen LogP) is 4.72. The molecule has 0 saturated heterocycles. The van der Waals surface area contributed by atoms with Gasteiger partial charge in [0, 0.05) is 12.4 Å². The molecule has 0 radical (unpaired) electrons. The van der Waals surface area contributed by atoms with Crippen LogP contribution in [0.2, 0.25) is 0 Å². The minimum absolute atomic E-state index is 1.10. The smallest absolute Gasteiger partial charge is 0.0299 e. The Balaban J connectivity index is 1.72. The van der Waals surface area contributed by atoms with E-state index >= 15 is 0 Å². The summed E-state index contributed by atoms with van der Waals surface area (Å²) in [5.74, 6) is 0. The average Bonchev–Trinajstić information content (AvgIpc) is 2.48. The van der Waals surface area contributed by atoms with Crippen LogP contribution in [0.25, 0.3) is 10.8 Å². The minimum Gasteiger partial charge on any atom is -0.264 e. The highest BCUT2D eigenvalue weighted by atomic mass is 14.6. The lowest BCUT2D eigenvalue weighted by molar-refractivity contribution is 0.817. The quantitative estimate of drug-likeness (QED) is 0.662. The van der Waals surface area contributed by atoms with Crippen molar-refractivity contribution in [2.24, 2.45) is 0 Å². The van der Waals surface area contributed by atoms with Crippen molar-refractivity contribution >= 4 is 10.8 Å². The highest BCUT2D eigenvalue weighted by molar-refractivity contribution is 5.86. The lowest BCUT2D eigenvalue weighted by Crippen LogP contribution is -1.92. The molecule has 0 bridgehead atoms. The molecule has 0 aliphatic rings. The number of pyridine rings is 1. The van der Waals surface area contributed by atoms with E-state index in [0.29, 0.717) is 0 Å². The maximum Gasteiger partial charge on any atom is 0.0299 e. The summed E-state index contributed by atoms with van der Waals surface area (Å²) in [6, 6.07) is 17.4. The van der Waals surface area contributed by atoms with Crippen molar-refractivity contribution in [3.63, 3.8) is 0 Å². The van der Waals surface area contributed by atoms with Crippen LogP contribution in [-0.2, 0) is 12.8 Å². The van der Waals surface area contributed by atoms with E-state index < -0.39 is 0 Å². The van der Waals surface area contributed by atoms with Crippen LogP contribution in [0.5, 0.6) is 0 Å². The van der Waals surface area contributed by atoms with Crippen molar-refractivity contribution in [1.82, 2.24) is 4.98 Å². The van der Waals surface area contributed by atoms with Gasteiger partial charge in [-0.3, -0.25) is 4.98 Å². The van der Waals surface area contributed by atoms with Gasteiger partial charge in [0.2, 0.25) is 0 Å². The fourth-order valence-electron chi connectivity index (χ4n) is 2.77. The van der Waals surface area contributed by atoms with Crippen LogP contribution in [-0.4, -0.2) is 4.98 Å². The van der Waals surface area contributed by atoms with Crippen molar-refractivity contribution in [2.75, 3.05) is 0 Å². The first-order valence-corrected chi connectivity index (χ1v) is 7.20. The van der Waals surface area contributed by atoms with Crippen molar-refractivity contribution < 1.29 is 0 Å². The van der Waals surface area contributed by atoms with Gasteiger partial charge < -0.3 is 0 Å². The zero-order valence-corrected chi connectivity index (χ0v) is 11.8. The summed E-state index contributed by atoms with van der Waals surface area (Å²) < 4.78 is 0. The third kappa shape index (κ3) is 2.88. The van der Waals surface area contributed by atoms with Gasteiger partial charge in [-0.2, -0.15) is 0 Å². The molecular formula is C19H19N. The van der Waals surface area contributed by atoms with Crippen LogP contribution in [0, 0.1) is 6.92 Å². The fourth-order valence-corrected chi connectivity index (χ4v) is 2.77. The normalized spacial score (nSPS) is 10.8. The predicted molar refractivity (Wildman–Crippen MR) is 84.9 cm³/mol. The molecule has 1 heterocycles. The second-order valence-electron chi connectivity index (χ2n) is 5.35. The average molecular weight is 261 g/mol. The monoisotopic (exact) mass is 261 g/mol. The molecule has 3 aromatic rings. The molecule has 0 aliphatic carbocycles. The first kappa shape index (κ1) is 12.9. The molecule has 1 nitrogen and oxygen atoms in total. The Morgan fingerprint density at radius 3 is 2.60 bits per heavy atom. The zero-order valence-electron chi connectivity index (χ0n) is 11.8. The van der Waals surface area contributed by atoms with Gasteiger partial charge >= 0.3 is 0 Å². The number of nitrogens with zero attached hydrogens (tertiary/aromatic N) is 1. The van der Waals surface area contributed by atoms with E-state index in [1.54, 1.807) is 0 Å². The van der Waals surface area contributed by atoms with Crippen LogP contribution in [0.3, 0.4) is 0 Å². The number of benzene rings is 2. The van der Waals surface area contributed by atoms with E-state index in [2.05, 4.69) is 54.4 Å². The molecule has 0 fully saturated rings. The van der Waals surface area contributed by atoms with Crippen molar-refractivity contribution in [1.29, 1.82) is 0 Å². The van der Waals surface area contributed by atoms with Crippen molar-refractivity contribution in [2.45, 2.75) is 26.2 Å². The van der Waals surface area contributed by atoms with Gasteiger partial charge in [-0.25, -0.2) is 0 Å². The second kappa shape index (κ2) is 5.87. The summed E-state index contributed by atoms with van der Waals surface area (Å²) in [4.78, 5) is 4.17. The molecule has 0 atom stereocenters. The number of hydrogen-bond acceptors (Lipinski definition) is 1. The summed E-state index contributed by atoms with van der Waals surface area (Å²) >= 11 is 0. The molecule has 1 heteroatoms. The van der Waals surface area contributed by atoms with Crippen molar-refractivity contribution in [3.05, 3.63) is 77.6 Å². The molecule has 0 aliphatic heterocycles. The summed E-state index contributed by atoms with van der Waals surface area (Å²) in [5, 5.41) is 2.72. The second-order valence-corrected chi connectivity index (χ2v) is 5.35. The van der Waals surface area contributed by atoms with Crippen LogP contribution in [0.4, 0.5) is 0 Å². The molecule has 20 heavy (non-hydrogen) atoms. The van der Waals surface area contributed by atoms with Crippen molar-refractivity contribution in [3.8, 4) is 0 Å². The summed E-state index contributed by atoms with van der Waals surface area (Å²) in [7, 11) is 0. The topological polar surface area (TPSA) is 12.9 Å². The molecule has 3 rings (SSSR count). The molecule has 0 amide bonds. The molecule has 0 unspecified atom stereocenters. The van der Waals surface area contributed by atoms with E-state index in [-0.39, 0.29) is 0 Å². The SMILES string of the molecule is Cc1cc(CCCc2cccnc2)cc2ccccc12. The maximum atomic E-state index is 4.17. The van der Waals surface area contributed by atoms with Gasteiger partial charge in [0.25, 0.3) is 0 Å². The minimum atomic E-state index is 1.10. The molecular weight excluding hydrogens is 242 g/mol. The standard InChI is InChI=1S/C19H19N/c1-15-12-17(13-18-9-2-3-10-19(15)18)7-4-6-16-8-5-11-20-14-16/h2-3,5,8-14H,4,6-7H2,1H3. The fraction of sp³-hybridized carbons (Fsp3) is 0.211. The lowest BCUT2D eigenvalue weighted by Gasteiger charge is -2.07. The number of rotatable bonds is 4. The molecule has 100 valence electrons. The summed E-state index contributed by atoms with van der Waals surface area (Å²) in [6.45, 7) is 2.20. The Labute approximate surface area is 120 Å². The largest absolute Gasteiger partial charge is 0.264 e. The first-order valence-electron chi connectivity index (χ1n) is 7.20. The van der Waals surface area contributed by atoms with Crippen LogP contribution in [0.15, 0.2) is 60.9 Å². The van der Waals surface area contributed by atoms with Gasteiger partial charge in [-0.05, 0) is 59.7 Å².